The maximum Gasteiger partial charge on any atom is 0.0826 e. The van der Waals surface area contributed by atoms with E-state index >= 15 is 0 Å². The van der Waals surface area contributed by atoms with E-state index in [9.17, 15) is 0 Å². The minimum Gasteiger partial charge on any atom is -0.374 e. The molecule has 0 radical (unpaired) electrons. The summed E-state index contributed by atoms with van der Waals surface area (Å²) in [5, 5.41) is 4.60. The van der Waals surface area contributed by atoms with Crippen molar-refractivity contribution in [2.45, 2.75) is 45.9 Å². The number of morpholine rings is 1. The highest BCUT2D eigenvalue weighted by Crippen LogP contribution is 2.10. The minimum atomic E-state index is 0.339. The Kier molecular flexibility index (Phi) is 7.00. The summed E-state index contributed by atoms with van der Waals surface area (Å²) in [6, 6.07) is 1.16. The number of alkyl halides is 1. The van der Waals surface area contributed by atoms with Crippen LogP contribution in [0, 0.1) is 5.92 Å². The molecule has 4 heteroatoms. The van der Waals surface area contributed by atoms with Crippen LogP contribution >= 0.6 is 15.9 Å². The van der Waals surface area contributed by atoms with Crippen molar-refractivity contribution in [3.63, 3.8) is 0 Å². The minimum absolute atomic E-state index is 0.339. The number of hydrogen-bond acceptors (Lipinski definition) is 3. The monoisotopic (exact) mass is 306 g/mol. The molecule has 2 atom stereocenters. The Balaban J connectivity index is 2.31. The molecule has 102 valence electrons. The highest BCUT2D eigenvalue weighted by atomic mass is 79.9. The number of halogens is 1. The van der Waals surface area contributed by atoms with Gasteiger partial charge in [-0.2, -0.15) is 0 Å². The van der Waals surface area contributed by atoms with Crippen LogP contribution in [0.1, 0.15) is 27.7 Å². The normalized spacial score (nSPS) is 24.5. The summed E-state index contributed by atoms with van der Waals surface area (Å²) < 4.78 is 5.81. The number of rotatable bonds is 6. The zero-order valence-corrected chi connectivity index (χ0v) is 13.2. The van der Waals surface area contributed by atoms with Gasteiger partial charge in [-0.1, -0.05) is 29.8 Å². The van der Waals surface area contributed by atoms with Crippen LogP contribution in [0.25, 0.3) is 0 Å². The van der Waals surface area contributed by atoms with E-state index in [-0.39, 0.29) is 0 Å². The first-order valence-corrected chi connectivity index (χ1v) is 7.81. The molecular formula is C13H27BrN2O. The van der Waals surface area contributed by atoms with Crippen LogP contribution in [0.15, 0.2) is 0 Å². The van der Waals surface area contributed by atoms with Crippen LogP contribution in [-0.2, 0) is 4.74 Å². The van der Waals surface area contributed by atoms with Crippen molar-refractivity contribution in [3.05, 3.63) is 0 Å². The van der Waals surface area contributed by atoms with Crippen LogP contribution in [-0.4, -0.2) is 54.7 Å². The molecule has 0 aromatic carbocycles. The van der Waals surface area contributed by atoms with Gasteiger partial charge >= 0.3 is 0 Å². The van der Waals surface area contributed by atoms with Gasteiger partial charge in [-0.25, -0.2) is 0 Å². The highest BCUT2D eigenvalue weighted by Gasteiger charge is 2.23. The van der Waals surface area contributed by atoms with Crippen molar-refractivity contribution < 1.29 is 4.74 Å². The van der Waals surface area contributed by atoms with Gasteiger partial charge in [-0.05, 0) is 19.8 Å². The predicted octanol–water partition coefficient (Wildman–Crippen LogP) is 2.10. The van der Waals surface area contributed by atoms with Crippen LogP contribution in [0.5, 0.6) is 0 Å². The third-order valence-corrected chi connectivity index (χ3v) is 4.18. The number of hydrogen-bond donors (Lipinski definition) is 1. The summed E-state index contributed by atoms with van der Waals surface area (Å²) in [5.41, 5.74) is 0. The van der Waals surface area contributed by atoms with Crippen molar-refractivity contribution in [2.24, 2.45) is 5.92 Å². The van der Waals surface area contributed by atoms with E-state index < -0.39 is 0 Å². The lowest BCUT2D eigenvalue weighted by molar-refractivity contribution is -0.0383. The number of ether oxygens (including phenoxy) is 1. The molecule has 0 saturated carbocycles. The summed E-state index contributed by atoms with van der Waals surface area (Å²) in [7, 11) is 0. The molecule has 1 heterocycles. The Hall–Kier alpha value is 0.360. The molecule has 0 aromatic heterocycles. The van der Waals surface area contributed by atoms with Gasteiger partial charge in [-0.15, -0.1) is 0 Å². The second-order valence-corrected chi connectivity index (χ2v) is 6.14. The Morgan fingerprint density at radius 1 is 1.35 bits per heavy atom. The van der Waals surface area contributed by atoms with E-state index in [1.54, 1.807) is 0 Å². The summed E-state index contributed by atoms with van der Waals surface area (Å²) in [6.07, 6.45) is 0.339. The van der Waals surface area contributed by atoms with Crippen molar-refractivity contribution in [1.29, 1.82) is 0 Å². The summed E-state index contributed by atoms with van der Waals surface area (Å²) >= 11 is 3.56. The second-order valence-electron chi connectivity index (χ2n) is 5.49. The molecule has 0 bridgehead atoms. The van der Waals surface area contributed by atoms with E-state index in [1.165, 1.54) is 0 Å². The third-order valence-electron chi connectivity index (χ3n) is 3.48. The molecule has 0 aromatic rings. The van der Waals surface area contributed by atoms with Gasteiger partial charge in [0.25, 0.3) is 0 Å². The first-order chi connectivity index (χ1) is 8.04. The van der Waals surface area contributed by atoms with Crippen molar-refractivity contribution in [1.82, 2.24) is 10.2 Å². The zero-order valence-electron chi connectivity index (χ0n) is 11.6. The van der Waals surface area contributed by atoms with E-state index in [1.807, 2.05) is 0 Å². The highest BCUT2D eigenvalue weighted by molar-refractivity contribution is 9.09. The molecule has 0 amide bonds. The van der Waals surface area contributed by atoms with Crippen LogP contribution in [0.2, 0.25) is 0 Å². The Labute approximate surface area is 114 Å². The Morgan fingerprint density at radius 3 is 2.59 bits per heavy atom. The SMILES string of the molecule is CC(C)C(CBr)NCC1CN(C(C)C)CCO1. The van der Waals surface area contributed by atoms with Gasteiger partial charge < -0.3 is 10.1 Å². The van der Waals surface area contributed by atoms with Crippen molar-refractivity contribution in [3.8, 4) is 0 Å². The van der Waals surface area contributed by atoms with Crippen LogP contribution in [0.4, 0.5) is 0 Å². The summed E-state index contributed by atoms with van der Waals surface area (Å²) in [5.74, 6) is 0.652. The van der Waals surface area contributed by atoms with E-state index in [0.717, 1.165) is 31.6 Å². The summed E-state index contributed by atoms with van der Waals surface area (Å²) in [6.45, 7) is 13.0. The predicted molar refractivity (Wildman–Crippen MR) is 76.9 cm³/mol. The molecule has 2 unspecified atom stereocenters. The quantitative estimate of drug-likeness (QED) is 0.761. The lowest BCUT2D eigenvalue weighted by atomic mass is 10.1. The molecule has 1 aliphatic heterocycles. The topological polar surface area (TPSA) is 24.5 Å². The van der Waals surface area contributed by atoms with Gasteiger partial charge in [-0.3, -0.25) is 4.90 Å². The Morgan fingerprint density at radius 2 is 2.06 bits per heavy atom. The fourth-order valence-electron chi connectivity index (χ4n) is 2.09. The first-order valence-electron chi connectivity index (χ1n) is 6.69. The van der Waals surface area contributed by atoms with E-state index in [0.29, 0.717) is 24.1 Å². The second kappa shape index (κ2) is 7.72. The molecule has 0 aliphatic carbocycles. The fourth-order valence-corrected chi connectivity index (χ4v) is 3.06. The third kappa shape index (κ3) is 5.25. The lowest BCUT2D eigenvalue weighted by Crippen LogP contribution is -2.51. The van der Waals surface area contributed by atoms with Gasteiger partial charge in [0.05, 0.1) is 12.7 Å². The maximum absolute atomic E-state index is 5.81. The largest absolute Gasteiger partial charge is 0.374 e. The van der Waals surface area contributed by atoms with Crippen molar-refractivity contribution in [2.75, 3.05) is 31.6 Å². The fraction of sp³-hybridized carbons (Fsp3) is 1.00. The van der Waals surface area contributed by atoms with Gasteiger partial charge in [0.2, 0.25) is 0 Å². The molecule has 0 spiro atoms. The van der Waals surface area contributed by atoms with Gasteiger partial charge in [0.1, 0.15) is 0 Å². The van der Waals surface area contributed by atoms with Crippen LogP contribution < -0.4 is 5.32 Å². The van der Waals surface area contributed by atoms with Gasteiger partial charge in [0, 0.05) is 37.0 Å². The standard InChI is InChI=1S/C13H27BrN2O/c1-10(2)13(7-14)15-8-12-9-16(11(3)4)5-6-17-12/h10-13,15H,5-9H2,1-4H3. The average molecular weight is 307 g/mol. The number of nitrogens with zero attached hydrogens (tertiary/aromatic N) is 1. The van der Waals surface area contributed by atoms with E-state index in [2.05, 4.69) is 53.8 Å². The molecular weight excluding hydrogens is 280 g/mol. The molecule has 1 fully saturated rings. The van der Waals surface area contributed by atoms with Crippen molar-refractivity contribution >= 4 is 15.9 Å². The molecule has 1 saturated heterocycles. The molecule has 1 rings (SSSR count). The first kappa shape index (κ1) is 15.4. The molecule has 3 nitrogen and oxygen atoms in total. The lowest BCUT2D eigenvalue weighted by Gasteiger charge is -2.36. The van der Waals surface area contributed by atoms with E-state index in [4.69, 9.17) is 4.74 Å². The molecule has 17 heavy (non-hydrogen) atoms. The zero-order chi connectivity index (χ0) is 12.8. The molecule has 1 aliphatic rings. The Bertz CT molecular complexity index is 212. The maximum atomic E-state index is 5.81. The van der Waals surface area contributed by atoms with Gasteiger partial charge in [0.15, 0.2) is 0 Å². The molecule has 1 N–H and O–H groups in total. The van der Waals surface area contributed by atoms with Crippen LogP contribution in [0.3, 0.4) is 0 Å². The number of nitrogens with one attached hydrogen (secondary N) is 1. The average Bonchev–Trinajstić information content (AvgIpc) is 2.29. The smallest absolute Gasteiger partial charge is 0.0826 e. The summed E-state index contributed by atoms with van der Waals surface area (Å²) in [4.78, 5) is 2.49.